The molecule has 0 radical (unpaired) electrons. The number of hydrogen-bond acceptors (Lipinski definition) is 3. The summed E-state index contributed by atoms with van der Waals surface area (Å²) in [5, 5.41) is 3.57. The summed E-state index contributed by atoms with van der Waals surface area (Å²) in [5.41, 5.74) is -0.0911. The minimum Gasteiger partial charge on any atom is -0.444 e. The molecule has 0 aromatic heterocycles. The highest BCUT2D eigenvalue weighted by atomic mass is 16.6. The van der Waals surface area contributed by atoms with Crippen LogP contribution < -0.4 is 5.32 Å². The third-order valence-electron chi connectivity index (χ3n) is 3.67. The molecule has 0 aliphatic carbocycles. The van der Waals surface area contributed by atoms with E-state index in [4.69, 9.17) is 4.74 Å². The quantitative estimate of drug-likeness (QED) is 0.854. The molecule has 0 aromatic carbocycles. The monoisotopic (exact) mass is 270 g/mol. The molecule has 0 spiro atoms. The Balaban J connectivity index is 2.36. The standard InChI is InChI=1S/C15H30N2O2/c1-7-15(5,6)11-16-12-8-9-17(10-12)13(18)19-14(2,3)4/h12,16H,7-11H2,1-6H3. The van der Waals surface area contributed by atoms with E-state index in [-0.39, 0.29) is 6.09 Å². The van der Waals surface area contributed by atoms with Crippen LogP contribution in [0.1, 0.15) is 54.4 Å². The van der Waals surface area contributed by atoms with Crippen LogP contribution in [0.3, 0.4) is 0 Å². The topological polar surface area (TPSA) is 41.6 Å². The van der Waals surface area contributed by atoms with Gasteiger partial charge in [0.15, 0.2) is 0 Å². The molecule has 1 rings (SSSR count). The summed E-state index contributed by atoms with van der Waals surface area (Å²) in [6, 6.07) is 0.401. The Bertz CT molecular complexity index is 308. The molecule has 1 atom stereocenters. The van der Waals surface area contributed by atoms with Gasteiger partial charge in [-0.3, -0.25) is 0 Å². The maximum atomic E-state index is 11.9. The fourth-order valence-corrected chi connectivity index (χ4v) is 1.96. The average Bonchev–Trinajstić information content (AvgIpc) is 2.73. The number of nitrogens with zero attached hydrogens (tertiary/aromatic N) is 1. The van der Waals surface area contributed by atoms with Crippen LogP contribution in [-0.4, -0.2) is 42.3 Å². The first-order chi connectivity index (χ1) is 8.63. The fourth-order valence-electron chi connectivity index (χ4n) is 1.96. The summed E-state index contributed by atoms with van der Waals surface area (Å²) in [6.45, 7) is 15.0. The number of nitrogens with one attached hydrogen (secondary N) is 1. The van der Waals surface area contributed by atoms with Crippen molar-refractivity contribution in [1.82, 2.24) is 10.2 Å². The number of carbonyl (C=O) groups is 1. The molecule has 0 bridgehead atoms. The minimum absolute atomic E-state index is 0.188. The van der Waals surface area contributed by atoms with Crippen molar-refractivity contribution < 1.29 is 9.53 Å². The van der Waals surface area contributed by atoms with Gasteiger partial charge in [-0.05, 0) is 39.0 Å². The normalized spacial score (nSPS) is 20.7. The summed E-state index contributed by atoms with van der Waals surface area (Å²) in [4.78, 5) is 13.7. The van der Waals surface area contributed by atoms with Crippen LogP contribution >= 0.6 is 0 Å². The van der Waals surface area contributed by atoms with Gasteiger partial charge in [0, 0.05) is 25.7 Å². The molecule has 1 aliphatic rings. The molecule has 1 fully saturated rings. The summed E-state index contributed by atoms with van der Waals surface area (Å²) in [6.07, 6.45) is 1.98. The lowest BCUT2D eigenvalue weighted by Crippen LogP contribution is -2.40. The molecule has 1 heterocycles. The van der Waals surface area contributed by atoms with E-state index in [2.05, 4.69) is 26.1 Å². The van der Waals surface area contributed by atoms with Gasteiger partial charge < -0.3 is 15.0 Å². The number of carbonyl (C=O) groups excluding carboxylic acids is 1. The lowest BCUT2D eigenvalue weighted by atomic mass is 9.90. The molecular weight excluding hydrogens is 240 g/mol. The molecule has 112 valence electrons. The van der Waals surface area contributed by atoms with Crippen molar-refractivity contribution in [2.45, 2.75) is 66.0 Å². The second-order valence-corrected chi connectivity index (χ2v) is 7.31. The van der Waals surface area contributed by atoms with Gasteiger partial charge >= 0.3 is 6.09 Å². The summed E-state index contributed by atoms with van der Waals surface area (Å²) < 4.78 is 5.40. The Labute approximate surface area is 117 Å². The second-order valence-electron chi connectivity index (χ2n) is 7.31. The number of ether oxygens (including phenoxy) is 1. The van der Waals surface area contributed by atoms with Gasteiger partial charge in [-0.1, -0.05) is 20.8 Å². The highest BCUT2D eigenvalue weighted by Crippen LogP contribution is 2.20. The molecule has 1 aliphatic heterocycles. The maximum Gasteiger partial charge on any atom is 0.410 e. The first-order valence-corrected chi connectivity index (χ1v) is 7.34. The first-order valence-electron chi connectivity index (χ1n) is 7.34. The second kappa shape index (κ2) is 6.12. The molecule has 4 nitrogen and oxygen atoms in total. The average molecular weight is 270 g/mol. The lowest BCUT2D eigenvalue weighted by Gasteiger charge is -2.26. The van der Waals surface area contributed by atoms with Gasteiger partial charge in [0.2, 0.25) is 0 Å². The van der Waals surface area contributed by atoms with Gasteiger partial charge in [-0.2, -0.15) is 0 Å². The molecule has 1 N–H and O–H groups in total. The van der Waals surface area contributed by atoms with Crippen LogP contribution in [0.25, 0.3) is 0 Å². The third kappa shape index (κ3) is 5.81. The molecule has 1 unspecified atom stereocenters. The van der Waals surface area contributed by atoms with Gasteiger partial charge in [0.1, 0.15) is 5.60 Å². The summed E-state index contributed by atoms with van der Waals surface area (Å²) in [5.74, 6) is 0. The minimum atomic E-state index is -0.410. The highest BCUT2D eigenvalue weighted by molar-refractivity contribution is 5.68. The molecule has 19 heavy (non-hydrogen) atoms. The van der Waals surface area contributed by atoms with Crippen LogP contribution in [0.2, 0.25) is 0 Å². The van der Waals surface area contributed by atoms with Crippen LogP contribution in [0.5, 0.6) is 0 Å². The number of rotatable bonds is 4. The predicted molar refractivity (Wildman–Crippen MR) is 78.3 cm³/mol. The zero-order valence-corrected chi connectivity index (χ0v) is 13.4. The van der Waals surface area contributed by atoms with E-state index >= 15 is 0 Å². The van der Waals surface area contributed by atoms with E-state index in [9.17, 15) is 4.79 Å². The molecule has 1 saturated heterocycles. The maximum absolute atomic E-state index is 11.9. The van der Waals surface area contributed by atoms with Crippen molar-refractivity contribution in [2.24, 2.45) is 5.41 Å². The van der Waals surface area contributed by atoms with E-state index in [1.807, 2.05) is 25.7 Å². The summed E-state index contributed by atoms with van der Waals surface area (Å²) >= 11 is 0. The Morgan fingerprint density at radius 1 is 1.32 bits per heavy atom. The molecule has 0 saturated carbocycles. The van der Waals surface area contributed by atoms with Crippen LogP contribution in [-0.2, 0) is 4.74 Å². The lowest BCUT2D eigenvalue weighted by molar-refractivity contribution is 0.0290. The predicted octanol–water partition coefficient (Wildman–Crippen LogP) is 3.02. The third-order valence-corrected chi connectivity index (χ3v) is 3.67. The number of likely N-dealkylation sites (tertiary alicyclic amines) is 1. The van der Waals surface area contributed by atoms with Crippen LogP contribution in [0.4, 0.5) is 4.79 Å². The zero-order chi connectivity index (χ0) is 14.7. The largest absolute Gasteiger partial charge is 0.444 e. The van der Waals surface area contributed by atoms with Gasteiger partial charge in [0.05, 0.1) is 0 Å². The van der Waals surface area contributed by atoms with E-state index in [1.54, 1.807) is 0 Å². The van der Waals surface area contributed by atoms with Crippen molar-refractivity contribution >= 4 is 6.09 Å². The Morgan fingerprint density at radius 3 is 2.47 bits per heavy atom. The van der Waals surface area contributed by atoms with Gasteiger partial charge in [0.25, 0.3) is 0 Å². The van der Waals surface area contributed by atoms with Crippen molar-refractivity contribution in [3.05, 3.63) is 0 Å². The number of amides is 1. The van der Waals surface area contributed by atoms with Crippen molar-refractivity contribution in [1.29, 1.82) is 0 Å². The zero-order valence-electron chi connectivity index (χ0n) is 13.4. The van der Waals surface area contributed by atoms with Crippen molar-refractivity contribution in [2.75, 3.05) is 19.6 Å². The first kappa shape index (κ1) is 16.3. The fraction of sp³-hybridized carbons (Fsp3) is 0.933. The molecule has 4 heteroatoms. The van der Waals surface area contributed by atoms with Crippen molar-refractivity contribution in [3.63, 3.8) is 0 Å². The van der Waals surface area contributed by atoms with E-state index < -0.39 is 5.60 Å². The SMILES string of the molecule is CCC(C)(C)CNC1CCN(C(=O)OC(C)(C)C)C1. The Morgan fingerprint density at radius 2 is 1.95 bits per heavy atom. The van der Waals surface area contributed by atoms with Gasteiger partial charge in [-0.15, -0.1) is 0 Å². The Kier molecular flexibility index (Phi) is 5.25. The van der Waals surface area contributed by atoms with E-state index in [0.717, 1.165) is 32.5 Å². The molecule has 0 aromatic rings. The Hall–Kier alpha value is -0.770. The summed E-state index contributed by atoms with van der Waals surface area (Å²) in [7, 11) is 0. The smallest absolute Gasteiger partial charge is 0.410 e. The van der Waals surface area contributed by atoms with Crippen molar-refractivity contribution in [3.8, 4) is 0 Å². The van der Waals surface area contributed by atoms with E-state index in [0.29, 0.717) is 11.5 Å². The van der Waals surface area contributed by atoms with Gasteiger partial charge in [-0.25, -0.2) is 4.79 Å². The molecular formula is C15H30N2O2. The van der Waals surface area contributed by atoms with E-state index in [1.165, 1.54) is 0 Å². The highest BCUT2D eigenvalue weighted by Gasteiger charge is 2.30. The number of hydrogen-bond donors (Lipinski definition) is 1. The van der Waals surface area contributed by atoms with Crippen LogP contribution in [0, 0.1) is 5.41 Å². The van der Waals surface area contributed by atoms with Crippen LogP contribution in [0.15, 0.2) is 0 Å². The molecule has 1 amide bonds.